The summed E-state index contributed by atoms with van der Waals surface area (Å²) in [7, 11) is 0. The summed E-state index contributed by atoms with van der Waals surface area (Å²) < 4.78 is 10.9. The van der Waals surface area contributed by atoms with Crippen LogP contribution in [0.4, 0.5) is 5.69 Å². The van der Waals surface area contributed by atoms with Crippen LogP contribution in [-0.2, 0) is 11.3 Å². The Morgan fingerprint density at radius 1 is 1.30 bits per heavy atom. The molecule has 2 aliphatic rings. The van der Waals surface area contributed by atoms with Gasteiger partial charge in [0, 0.05) is 19.1 Å². The van der Waals surface area contributed by atoms with E-state index in [0.29, 0.717) is 29.9 Å². The number of aromatic nitrogens is 1. The molecular weight excluding hydrogens is 384 g/mol. The van der Waals surface area contributed by atoms with Crippen LogP contribution in [-0.4, -0.2) is 54.0 Å². The number of benzene rings is 1. The van der Waals surface area contributed by atoms with Gasteiger partial charge in [0.25, 0.3) is 11.8 Å². The summed E-state index contributed by atoms with van der Waals surface area (Å²) in [4.78, 5) is 33.0. The van der Waals surface area contributed by atoms with E-state index in [0.717, 1.165) is 19.5 Å². The summed E-state index contributed by atoms with van der Waals surface area (Å²) in [6.45, 7) is 5.13. The molecule has 160 valence electrons. The number of oxazole rings is 1. The number of carbonyl (C=O) groups excluding carboxylic acids is 2. The smallest absolute Gasteiger partial charge is 0.273 e. The molecule has 2 aromatic rings. The number of rotatable bonds is 7. The van der Waals surface area contributed by atoms with Crippen molar-refractivity contribution in [3.05, 3.63) is 42.1 Å². The molecule has 1 aromatic carbocycles. The van der Waals surface area contributed by atoms with Crippen LogP contribution >= 0.6 is 0 Å². The van der Waals surface area contributed by atoms with Crippen LogP contribution in [0.3, 0.4) is 0 Å². The average Bonchev–Trinajstić information content (AvgIpc) is 3.23. The second-order valence-corrected chi connectivity index (χ2v) is 7.85. The summed E-state index contributed by atoms with van der Waals surface area (Å²) in [5.41, 5.74) is 0.898. The molecule has 8 heteroatoms. The molecule has 0 saturated carbocycles. The highest BCUT2D eigenvalue weighted by Crippen LogP contribution is 2.32. The van der Waals surface area contributed by atoms with Gasteiger partial charge < -0.3 is 19.4 Å². The van der Waals surface area contributed by atoms with Gasteiger partial charge in [0.05, 0.1) is 5.69 Å². The predicted molar refractivity (Wildman–Crippen MR) is 111 cm³/mol. The van der Waals surface area contributed by atoms with Gasteiger partial charge in [0.1, 0.15) is 18.6 Å². The van der Waals surface area contributed by atoms with Crippen molar-refractivity contribution in [2.45, 2.75) is 45.2 Å². The quantitative estimate of drug-likeness (QED) is 0.704. The van der Waals surface area contributed by atoms with Crippen molar-refractivity contribution in [1.29, 1.82) is 0 Å². The molecule has 1 N–H and O–H groups in total. The van der Waals surface area contributed by atoms with Gasteiger partial charge >= 0.3 is 0 Å². The molecule has 30 heavy (non-hydrogen) atoms. The number of hydrogen-bond donors (Lipinski definition) is 1. The molecule has 1 atom stereocenters. The minimum atomic E-state index is -0.259. The molecule has 0 spiro atoms. The fraction of sp³-hybridized carbons (Fsp3) is 0.500. The van der Waals surface area contributed by atoms with Gasteiger partial charge in [-0.3, -0.25) is 14.5 Å². The van der Waals surface area contributed by atoms with E-state index in [2.05, 4.69) is 22.1 Å². The van der Waals surface area contributed by atoms with E-state index in [-0.39, 0.29) is 30.7 Å². The van der Waals surface area contributed by atoms with Crippen molar-refractivity contribution in [3.63, 3.8) is 0 Å². The number of nitrogens with one attached hydrogen (secondary N) is 1. The highest BCUT2D eigenvalue weighted by molar-refractivity contribution is 5.97. The lowest BCUT2D eigenvalue weighted by molar-refractivity contribution is -0.121. The molecular formula is C22H28N4O4. The van der Waals surface area contributed by atoms with E-state index in [4.69, 9.17) is 9.15 Å². The summed E-state index contributed by atoms with van der Waals surface area (Å²) >= 11 is 0. The lowest BCUT2D eigenvalue weighted by Gasteiger charge is -2.33. The lowest BCUT2D eigenvalue weighted by atomic mass is 10.0. The molecule has 0 unspecified atom stereocenters. The van der Waals surface area contributed by atoms with Crippen molar-refractivity contribution in [2.75, 3.05) is 31.1 Å². The Hall–Kier alpha value is -2.87. The summed E-state index contributed by atoms with van der Waals surface area (Å²) in [5, 5.41) is 2.91. The third kappa shape index (κ3) is 4.64. The lowest BCUT2D eigenvalue weighted by Crippen LogP contribution is -2.39. The number of hydrogen-bond acceptors (Lipinski definition) is 6. The van der Waals surface area contributed by atoms with Crippen molar-refractivity contribution in [1.82, 2.24) is 15.2 Å². The Bertz CT molecular complexity index is 897. The molecule has 1 saturated heterocycles. The minimum Gasteiger partial charge on any atom is -0.482 e. The number of amides is 2. The Morgan fingerprint density at radius 2 is 2.17 bits per heavy atom. The number of ether oxygens (including phenoxy) is 1. The SMILES string of the molecule is C[C@H]1CCCCN1CCCNC(=O)c1coc(CN2C(=O)COc3ccccc32)n1. The zero-order valence-electron chi connectivity index (χ0n) is 17.3. The van der Waals surface area contributed by atoms with Gasteiger partial charge in [-0.05, 0) is 44.9 Å². The maximum absolute atomic E-state index is 12.4. The molecule has 0 bridgehead atoms. The summed E-state index contributed by atoms with van der Waals surface area (Å²) in [5.74, 6) is 0.521. The molecule has 4 rings (SSSR count). The molecule has 0 aliphatic carbocycles. The monoisotopic (exact) mass is 412 g/mol. The molecule has 3 heterocycles. The Kier molecular flexibility index (Phi) is 6.32. The second-order valence-electron chi connectivity index (χ2n) is 7.85. The molecule has 2 aliphatic heterocycles. The standard InChI is InChI=1S/C22H28N4O4/c1-16-7-4-5-11-25(16)12-6-10-23-22(28)17-14-30-20(24-17)13-26-18-8-2-3-9-19(18)29-15-21(26)27/h2-3,8-9,14,16H,4-7,10-13,15H2,1H3,(H,23,28)/t16-/m0/s1. The van der Waals surface area contributed by atoms with Crippen LogP contribution in [0.1, 0.15) is 49.0 Å². The zero-order valence-corrected chi connectivity index (χ0v) is 17.3. The van der Waals surface area contributed by atoms with Gasteiger partial charge in [0.15, 0.2) is 12.3 Å². The highest BCUT2D eigenvalue weighted by atomic mass is 16.5. The van der Waals surface area contributed by atoms with E-state index in [9.17, 15) is 9.59 Å². The maximum atomic E-state index is 12.4. The van der Waals surface area contributed by atoms with Crippen molar-refractivity contribution < 1.29 is 18.7 Å². The number of likely N-dealkylation sites (tertiary alicyclic amines) is 1. The van der Waals surface area contributed by atoms with E-state index in [1.165, 1.54) is 25.5 Å². The molecule has 8 nitrogen and oxygen atoms in total. The van der Waals surface area contributed by atoms with Crippen LogP contribution in [0.25, 0.3) is 0 Å². The first kappa shape index (κ1) is 20.4. The fourth-order valence-electron chi connectivity index (χ4n) is 4.01. The Balaban J connectivity index is 1.28. The summed E-state index contributed by atoms with van der Waals surface area (Å²) in [6.07, 6.45) is 6.07. The predicted octanol–water partition coefficient (Wildman–Crippen LogP) is 2.59. The first-order valence-corrected chi connectivity index (χ1v) is 10.6. The van der Waals surface area contributed by atoms with Crippen LogP contribution < -0.4 is 15.0 Å². The zero-order chi connectivity index (χ0) is 20.9. The van der Waals surface area contributed by atoms with Crippen molar-refractivity contribution in [2.24, 2.45) is 0 Å². The highest BCUT2D eigenvalue weighted by Gasteiger charge is 2.27. The normalized spacial score (nSPS) is 19.3. The minimum absolute atomic E-state index is 0.0271. The first-order chi connectivity index (χ1) is 14.6. The topological polar surface area (TPSA) is 87.9 Å². The van der Waals surface area contributed by atoms with Crippen LogP contribution in [0.2, 0.25) is 0 Å². The Morgan fingerprint density at radius 3 is 3.03 bits per heavy atom. The van der Waals surface area contributed by atoms with Gasteiger partial charge in [-0.25, -0.2) is 4.98 Å². The van der Waals surface area contributed by atoms with Gasteiger partial charge in [-0.15, -0.1) is 0 Å². The van der Waals surface area contributed by atoms with Gasteiger partial charge in [-0.1, -0.05) is 18.6 Å². The Labute approximate surface area is 176 Å². The van der Waals surface area contributed by atoms with Crippen LogP contribution in [0.5, 0.6) is 5.75 Å². The molecule has 0 radical (unpaired) electrons. The van der Waals surface area contributed by atoms with Crippen molar-refractivity contribution in [3.8, 4) is 5.75 Å². The number of carbonyl (C=O) groups is 2. The average molecular weight is 412 g/mol. The van der Waals surface area contributed by atoms with E-state index >= 15 is 0 Å². The number of anilines is 1. The third-order valence-electron chi connectivity index (χ3n) is 5.73. The molecule has 2 amide bonds. The van der Waals surface area contributed by atoms with Crippen molar-refractivity contribution >= 4 is 17.5 Å². The number of piperidine rings is 1. The van der Waals surface area contributed by atoms with Gasteiger partial charge in [-0.2, -0.15) is 0 Å². The largest absolute Gasteiger partial charge is 0.482 e. The van der Waals surface area contributed by atoms with E-state index in [1.807, 2.05) is 24.3 Å². The van der Waals surface area contributed by atoms with Crippen LogP contribution in [0, 0.1) is 0 Å². The summed E-state index contributed by atoms with van der Waals surface area (Å²) in [6, 6.07) is 7.94. The second kappa shape index (κ2) is 9.30. The van der Waals surface area contributed by atoms with Gasteiger partial charge in [0.2, 0.25) is 5.89 Å². The van der Waals surface area contributed by atoms with E-state index < -0.39 is 0 Å². The molecule has 1 aromatic heterocycles. The molecule has 1 fully saturated rings. The number of nitrogens with zero attached hydrogens (tertiary/aromatic N) is 3. The number of fused-ring (bicyclic) bond motifs is 1. The number of para-hydroxylation sites is 2. The maximum Gasteiger partial charge on any atom is 0.273 e. The first-order valence-electron chi connectivity index (χ1n) is 10.6. The fourth-order valence-corrected chi connectivity index (χ4v) is 4.01. The van der Waals surface area contributed by atoms with Crippen LogP contribution in [0.15, 0.2) is 34.9 Å². The third-order valence-corrected chi connectivity index (χ3v) is 5.73. The van der Waals surface area contributed by atoms with E-state index in [1.54, 1.807) is 4.90 Å².